The Morgan fingerprint density at radius 2 is 1.69 bits per heavy atom. The van der Waals surface area contributed by atoms with Crippen LogP contribution < -0.4 is 0 Å². The van der Waals surface area contributed by atoms with E-state index in [2.05, 4.69) is 18.7 Å². The minimum Gasteiger partial charge on any atom is -0.338 e. The Balaban J connectivity index is 1.53. The van der Waals surface area contributed by atoms with E-state index in [1.54, 1.807) is 31.2 Å². The molecule has 4 rings (SSSR count). The van der Waals surface area contributed by atoms with Gasteiger partial charge in [-0.05, 0) is 68.1 Å². The molecule has 6 nitrogen and oxygen atoms in total. The first kappa shape index (κ1) is 23.5. The normalized spacial score (nSPS) is 21.4. The maximum absolute atomic E-state index is 13.5. The van der Waals surface area contributed by atoms with Gasteiger partial charge in [-0.25, -0.2) is 8.42 Å². The SMILES string of the molecule is CCN([C@H]1CCN(C2CCN(C(C)C)CC2)C1=O)S(=O)(=O)c1ccc2cc(Cl)ccc2c1. The molecule has 0 spiro atoms. The van der Waals surface area contributed by atoms with Gasteiger partial charge in [0.25, 0.3) is 0 Å². The molecule has 0 aliphatic carbocycles. The highest BCUT2D eigenvalue weighted by atomic mass is 35.5. The molecule has 0 unspecified atom stereocenters. The third-order valence-corrected chi connectivity index (χ3v) is 9.14. The molecule has 1 amide bonds. The maximum Gasteiger partial charge on any atom is 0.243 e. The summed E-state index contributed by atoms with van der Waals surface area (Å²) in [6.45, 7) is 9.04. The second kappa shape index (κ2) is 9.29. The molecule has 0 bridgehead atoms. The number of benzene rings is 2. The molecule has 2 aliphatic heterocycles. The van der Waals surface area contributed by atoms with Crippen LogP contribution in [0.3, 0.4) is 0 Å². The van der Waals surface area contributed by atoms with Crippen molar-refractivity contribution in [2.75, 3.05) is 26.2 Å². The molecule has 174 valence electrons. The van der Waals surface area contributed by atoms with Gasteiger partial charge in [0.15, 0.2) is 0 Å². The number of hydrogen-bond donors (Lipinski definition) is 0. The van der Waals surface area contributed by atoms with E-state index in [0.29, 0.717) is 24.0 Å². The van der Waals surface area contributed by atoms with Crippen LogP contribution in [0.1, 0.15) is 40.0 Å². The molecule has 2 fully saturated rings. The quantitative estimate of drug-likeness (QED) is 0.631. The zero-order valence-corrected chi connectivity index (χ0v) is 20.6. The fourth-order valence-corrected chi connectivity index (χ4v) is 6.92. The molecule has 32 heavy (non-hydrogen) atoms. The van der Waals surface area contributed by atoms with Gasteiger partial charge in [-0.3, -0.25) is 4.79 Å². The van der Waals surface area contributed by atoms with Crippen LogP contribution in [0, 0.1) is 0 Å². The average Bonchev–Trinajstić information content (AvgIpc) is 3.14. The molecule has 0 radical (unpaired) electrons. The first-order valence-corrected chi connectivity index (χ1v) is 13.3. The number of halogens is 1. The second-order valence-corrected chi connectivity index (χ2v) is 11.4. The van der Waals surface area contributed by atoms with Crippen molar-refractivity contribution < 1.29 is 13.2 Å². The topological polar surface area (TPSA) is 60.9 Å². The summed E-state index contributed by atoms with van der Waals surface area (Å²) in [6, 6.07) is 10.5. The molecule has 0 aromatic heterocycles. The van der Waals surface area contributed by atoms with E-state index >= 15 is 0 Å². The molecule has 2 aromatic rings. The standard InChI is InChI=1S/C24H32ClN3O3S/c1-4-28(32(30,31)22-8-6-18-15-20(25)7-5-19(18)16-22)23-11-14-27(24(23)29)21-9-12-26(13-10-21)17(2)3/h5-8,15-17,21,23H,4,9-14H2,1-3H3/t23-/m0/s1. The van der Waals surface area contributed by atoms with E-state index in [1.807, 2.05) is 17.0 Å². The van der Waals surface area contributed by atoms with Crippen molar-refractivity contribution in [2.45, 2.75) is 63.1 Å². The van der Waals surface area contributed by atoms with Crippen molar-refractivity contribution in [3.8, 4) is 0 Å². The van der Waals surface area contributed by atoms with Gasteiger partial charge in [0, 0.05) is 43.3 Å². The number of amides is 1. The number of likely N-dealkylation sites (tertiary alicyclic amines) is 2. The fourth-order valence-electron chi connectivity index (χ4n) is 5.08. The third kappa shape index (κ3) is 4.40. The number of nitrogens with zero attached hydrogens (tertiary/aromatic N) is 3. The van der Waals surface area contributed by atoms with E-state index in [4.69, 9.17) is 11.6 Å². The monoisotopic (exact) mass is 477 g/mol. The van der Waals surface area contributed by atoms with Crippen molar-refractivity contribution in [3.63, 3.8) is 0 Å². The molecule has 0 N–H and O–H groups in total. The molecule has 1 atom stereocenters. The number of hydrogen-bond acceptors (Lipinski definition) is 4. The highest BCUT2D eigenvalue weighted by Crippen LogP contribution is 2.30. The summed E-state index contributed by atoms with van der Waals surface area (Å²) in [5, 5.41) is 2.30. The number of carbonyl (C=O) groups is 1. The first-order chi connectivity index (χ1) is 15.2. The summed E-state index contributed by atoms with van der Waals surface area (Å²) in [4.78, 5) is 17.9. The number of rotatable bonds is 6. The maximum atomic E-state index is 13.5. The zero-order valence-electron chi connectivity index (χ0n) is 19.0. The van der Waals surface area contributed by atoms with Gasteiger partial charge < -0.3 is 9.80 Å². The lowest BCUT2D eigenvalue weighted by Crippen LogP contribution is -2.50. The number of sulfonamides is 1. The fraction of sp³-hybridized carbons (Fsp3) is 0.542. The largest absolute Gasteiger partial charge is 0.338 e. The van der Waals surface area contributed by atoms with E-state index in [0.717, 1.165) is 36.7 Å². The van der Waals surface area contributed by atoms with E-state index in [1.165, 1.54) is 4.31 Å². The van der Waals surface area contributed by atoms with Gasteiger partial charge in [0.2, 0.25) is 15.9 Å². The van der Waals surface area contributed by atoms with E-state index in [9.17, 15) is 13.2 Å². The average molecular weight is 478 g/mol. The summed E-state index contributed by atoms with van der Waals surface area (Å²) in [5.74, 6) is -0.0500. The van der Waals surface area contributed by atoms with Crippen LogP contribution in [0.15, 0.2) is 41.3 Å². The highest BCUT2D eigenvalue weighted by Gasteiger charge is 2.43. The molecule has 2 aromatic carbocycles. The van der Waals surface area contributed by atoms with Crippen LogP contribution in [-0.2, 0) is 14.8 Å². The van der Waals surface area contributed by atoms with Gasteiger partial charge in [-0.1, -0.05) is 30.7 Å². The van der Waals surface area contributed by atoms with Gasteiger partial charge >= 0.3 is 0 Å². The van der Waals surface area contributed by atoms with Crippen molar-refractivity contribution in [2.24, 2.45) is 0 Å². The molecule has 0 saturated carbocycles. The number of piperidine rings is 1. The summed E-state index contributed by atoms with van der Waals surface area (Å²) in [5.41, 5.74) is 0. The Hall–Kier alpha value is -1.67. The Kier molecular flexibility index (Phi) is 6.82. The Labute approximate surface area is 196 Å². The number of carbonyl (C=O) groups excluding carboxylic acids is 1. The molecule has 2 heterocycles. The molecule has 2 saturated heterocycles. The van der Waals surface area contributed by atoms with Crippen molar-refractivity contribution >= 4 is 38.3 Å². The summed E-state index contributed by atoms with van der Waals surface area (Å²) in [7, 11) is -3.80. The first-order valence-electron chi connectivity index (χ1n) is 11.5. The van der Waals surface area contributed by atoms with Gasteiger partial charge in [0.05, 0.1) is 4.90 Å². The van der Waals surface area contributed by atoms with Crippen molar-refractivity contribution in [1.29, 1.82) is 0 Å². The van der Waals surface area contributed by atoms with E-state index in [-0.39, 0.29) is 23.4 Å². The van der Waals surface area contributed by atoms with Crippen molar-refractivity contribution in [1.82, 2.24) is 14.1 Å². The minimum atomic E-state index is -3.80. The minimum absolute atomic E-state index is 0.0500. The van der Waals surface area contributed by atoms with Gasteiger partial charge in [-0.15, -0.1) is 0 Å². The Morgan fingerprint density at radius 1 is 1.03 bits per heavy atom. The summed E-state index contributed by atoms with van der Waals surface area (Å²) in [6.07, 6.45) is 2.44. The van der Waals surface area contributed by atoms with Crippen LogP contribution in [-0.4, -0.2) is 72.7 Å². The molecule has 2 aliphatic rings. The highest BCUT2D eigenvalue weighted by molar-refractivity contribution is 7.89. The number of fused-ring (bicyclic) bond motifs is 1. The second-order valence-electron chi connectivity index (χ2n) is 9.06. The van der Waals surface area contributed by atoms with Crippen LogP contribution in [0.25, 0.3) is 10.8 Å². The van der Waals surface area contributed by atoms with Crippen LogP contribution in [0.5, 0.6) is 0 Å². The summed E-state index contributed by atoms with van der Waals surface area (Å²) >= 11 is 6.05. The lowest BCUT2D eigenvalue weighted by molar-refractivity contribution is -0.133. The van der Waals surface area contributed by atoms with Crippen LogP contribution >= 0.6 is 11.6 Å². The van der Waals surface area contributed by atoms with Gasteiger partial charge in [0.1, 0.15) is 6.04 Å². The predicted octanol–water partition coefficient (Wildman–Crippen LogP) is 3.98. The predicted molar refractivity (Wildman–Crippen MR) is 128 cm³/mol. The van der Waals surface area contributed by atoms with Crippen LogP contribution in [0.2, 0.25) is 5.02 Å². The molecule has 8 heteroatoms. The Morgan fingerprint density at radius 3 is 2.34 bits per heavy atom. The molecular formula is C24H32ClN3O3S. The summed E-state index contributed by atoms with van der Waals surface area (Å²) < 4.78 is 28.4. The van der Waals surface area contributed by atoms with Crippen molar-refractivity contribution in [3.05, 3.63) is 41.4 Å². The lowest BCUT2D eigenvalue weighted by atomic mass is 10.0. The molecular weight excluding hydrogens is 446 g/mol. The zero-order chi connectivity index (χ0) is 23.0. The number of likely N-dealkylation sites (N-methyl/N-ethyl adjacent to an activating group) is 1. The third-order valence-electron chi connectivity index (χ3n) is 6.92. The van der Waals surface area contributed by atoms with E-state index < -0.39 is 16.1 Å². The van der Waals surface area contributed by atoms with Gasteiger partial charge in [-0.2, -0.15) is 4.31 Å². The lowest BCUT2D eigenvalue weighted by Gasteiger charge is -2.38. The smallest absolute Gasteiger partial charge is 0.243 e. The Bertz CT molecular complexity index is 1100. The van der Waals surface area contributed by atoms with Crippen LogP contribution in [0.4, 0.5) is 0 Å².